The second-order valence-corrected chi connectivity index (χ2v) is 3.80. The van der Waals surface area contributed by atoms with Crippen LogP contribution in [0.5, 0.6) is 0 Å². The van der Waals surface area contributed by atoms with Gasteiger partial charge in [-0.3, -0.25) is 0 Å². The Labute approximate surface area is 91.4 Å². The lowest BCUT2D eigenvalue weighted by molar-refractivity contribution is -0.140. The Morgan fingerprint density at radius 3 is 2.80 bits per heavy atom. The maximum atomic E-state index is 10.9. The molecule has 1 aliphatic rings. The molecular weight excluding hydrogens is 192 g/mol. The number of carbonyl (C=O) groups is 1. The third kappa shape index (κ3) is 4.04. The van der Waals surface area contributed by atoms with E-state index in [-0.39, 0.29) is 12.6 Å². The molecule has 1 aliphatic heterocycles. The second kappa shape index (κ2) is 6.62. The Morgan fingerprint density at radius 2 is 2.27 bits per heavy atom. The molecule has 0 aliphatic carbocycles. The summed E-state index contributed by atoms with van der Waals surface area (Å²) in [4.78, 5) is 10.9. The predicted octanol–water partition coefficient (Wildman–Crippen LogP) is 2.80. The monoisotopic (exact) mass is 212 g/mol. The molecule has 0 aromatic heterocycles. The van der Waals surface area contributed by atoms with E-state index in [9.17, 15) is 4.79 Å². The minimum absolute atomic E-state index is 0.0967. The van der Waals surface area contributed by atoms with E-state index in [4.69, 9.17) is 9.47 Å². The van der Waals surface area contributed by atoms with Gasteiger partial charge in [0.1, 0.15) is 6.61 Å². The molecule has 0 aromatic rings. The molecule has 0 amide bonds. The highest BCUT2D eigenvalue weighted by Gasteiger charge is 2.26. The van der Waals surface area contributed by atoms with Gasteiger partial charge in [0.15, 0.2) is 0 Å². The zero-order valence-corrected chi connectivity index (χ0v) is 9.62. The molecule has 1 rings (SSSR count). The highest BCUT2D eigenvalue weighted by molar-refractivity contribution is 5.72. The van der Waals surface area contributed by atoms with Crippen molar-refractivity contribution in [1.82, 2.24) is 0 Å². The first kappa shape index (κ1) is 12.2. The summed E-state index contributed by atoms with van der Waals surface area (Å²) < 4.78 is 10.3. The van der Waals surface area contributed by atoms with Gasteiger partial charge in [0.05, 0.1) is 0 Å². The van der Waals surface area contributed by atoms with E-state index >= 15 is 0 Å². The smallest absolute Gasteiger partial charge is 0.334 e. The molecule has 0 bridgehead atoms. The van der Waals surface area contributed by atoms with Gasteiger partial charge in [-0.1, -0.05) is 39.2 Å². The predicted molar refractivity (Wildman–Crippen MR) is 58.3 cm³/mol. The van der Waals surface area contributed by atoms with Gasteiger partial charge < -0.3 is 9.47 Å². The molecular formula is C12H20O3. The van der Waals surface area contributed by atoms with Gasteiger partial charge in [-0.25, -0.2) is 4.79 Å². The Morgan fingerprint density at radius 1 is 1.47 bits per heavy atom. The first-order valence-corrected chi connectivity index (χ1v) is 5.78. The van der Waals surface area contributed by atoms with Gasteiger partial charge in [0.25, 0.3) is 0 Å². The summed E-state index contributed by atoms with van der Waals surface area (Å²) >= 11 is 0. The normalized spacial score (nSPS) is 21.9. The van der Waals surface area contributed by atoms with E-state index in [0.717, 1.165) is 24.8 Å². The molecule has 3 heteroatoms. The van der Waals surface area contributed by atoms with E-state index in [2.05, 4.69) is 19.9 Å². The minimum atomic E-state index is -0.408. The van der Waals surface area contributed by atoms with E-state index in [0.29, 0.717) is 0 Å². The van der Waals surface area contributed by atoms with Crippen LogP contribution in [0.3, 0.4) is 0 Å². The van der Waals surface area contributed by atoms with Crippen molar-refractivity contribution < 1.29 is 14.3 Å². The third-order valence-electron chi connectivity index (χ3n) is 2.40. The molecule has 0 N–H and O–H groups in total. The zero-order chi connectivity index (χ0) is 11.1. The fourth-order valence-corrected chi connectivity index (χ4v) is 1.61. The van der Waals surface area contributed by atoms with E-state index in [1.807, 2.05) is 0 Å². The number of rotatable bonds is 6. The number of unbranched alkanes of at least 4 members (excludes halogenated alkanes) is 2. The topological polar surface area (TPSA) is 35.5 Å². The lowest BCUT2D eigenvalue weighted by Gasteiger charge is -2.12. The standard InChI is InChI=1S/C12H20O3/c1-3-5-6-8-10(7-4-2)12-14-9-11(13)15-12/h8,12H,3-7,9H2,1-2H3/b10-8+. The van der Waals surface area contributed by atoms with Crippen LogP contribution in [0.4, 0.5) is 0 Å². The van der Waals surface area contributed by atoms with Crippen LogP contribution in [0, 0.1) is 0 Å². The van der Waals surface area contributed by atoms with Crippen molar-refractivity contribution in [2.45, 2.75) is 52.2 Å². The molecule has 0 spiro atoms. The molecule has 1 saturated heterocycles. The van der Waals surface area contributed by atoms with Crippen molar-refractivity contribution in [2.75, 3.05) is 6.61 Å². The Hall–Kier alpha value is -0.830. The number of hydrogen-bond acceptors (Lipinski definition) is 3. The summed E-state index contributed by atoms with van der Waals surface area (Å²) in [5.41, 5.74) is 1.12. The van der Waals surface area contributed by atoms with Crippen LogP contribution < -0.4 is 0 Å². The Balaban J connectivity index is 2.48. The summed E-state index contributed by atoms with van der Waals surface area (Å²) in [5.74, 6) is -0.252. The molecule has 1 fully saturated rings. The van der Waals surface area contributed by atoms with Crippen LogP contribution in [0.1, 0.15) is 46.0 Å². The average molecular weight is 212 g/mol. The molecule has 15 heavy (non-hydrogen) atoms. The number of carbonyl (C=O) groups excluding carboxylic acids is 1. The number of hydrogen-bond donors (Lipinski definition) is 0. The first-order chi connectivity index (χ1) is 7.27. The largest absolute Gasteiger partial charge is 0.430 e. The van der Waals surface area contributed by atoms with Crippen LogP contribution in [-0.4, -0.2) is 18.9 Å². The van der Waals surface area contributed by atoms with E-state index in [1.165, 1.54) is 12.8 Å². The fourth-order valence-electron chi connectivity index (χ4n) is 1.61. The molecule has 1 atom stereocenters. The molecule has 86 valence electrons. The van der Waals surface area contributed by atoms with Gasteiger partial charge in [-0.15, -0.1) is 0 Å². The van der Waals surface area contributed by atoms with E-state index in [1.54, 1.807) is 0 Å². The highest BCUT2D eigenvalue weighted by atomic mass is 16.7. The molecule has 0 aromatic carbocycles. The molecule has 1 unspecified atom stereocenters. The van der Waals surface area contributed by atoms with Gasteiger partial charge >= 0.3 is 5.97 Å². The quantitative estimate of drug-likeness (QED) is 0.386. The lowest BCUT2D eigenvalue weighted by Crippen LogP contribution is -2.12. The van der Waals surface area contributed by atoms with Crippen molar-refractivity contribution in [3.63, 3.8) is 0 Å². The fraction of sp³-hybridized carbons (Fsp3) is 0.750. The van der Waals surface area contributed by atoms with Crippen LogP contribution in [-0.2, 0) is 14.3 Å². The van der Waals surface area contributed by atoms with Crippen molar-refractivity contribution in [3.05, 3.63) is 11.6 Å². The van der Waals surface area contributed by atoms with Gasteiger partial charge in [0, 0.05) is 0 Å². The van der Waals surface area contributed by atoms with Crippen molar-refractivity contribution in [3.8, 4) is 0 Å². The number of allylic oxidation sites excluding steroid dienone is 1. The van der Waals surface area contributed by atoms with Gasteiger partial charge in [0.2, 0.25) is 6.29 Å². The van der Waals surface area contributed by atoms with Crippen molar-refractivity contribution in [2.24, 2.45) is 0 Å². The zero-order valence-electron chi connectivity index (χ0n) is 9.62. The van der Waals surface area contributed by atoms with Crippen LogP contribution >= 0.6 is 0 Å². The van der Waals surface area contributed by atoms with Crippen molar-refractivity contribution in [1.29, 1.82) is 0 Å². The maximum absolute atomic E-state index is 10.9. The summed E-state index contributed by atoms with van der Waals surface area (Å²) in [6.07, 6.45) is 7.15. The average Bonchev–Trinajstić information content (AvgIpc) is 2.64. The maximum Gasteiger partial charge on any atom is 0.334 e. The second-order valence-electron chi connectivity index (χ2n) is 3.80. The number of ether oxygens (including phenoxy) is 2. The molecule has 0 radical (unpaired) electrons. The van der Waals surface area contributed by atoms with Crippen LogP contribution in [0.2, 0.25) is 0 Å². The van der Waals surface area contributed by atoms with Crippen LogP contribution in [0.25, 0.3) is 0 Å². The van der Waals surface area contributed by atoms with Crippen molar-refractivity contribution >= 4 is 5.97 Å². The number of cyclic esters (lactones) is 1. The Bertz CT molecular complexity index is 233. The Kier molecular flexibility index (Phi) is 5.40. The van der Waals surface area contributed by atoms with Gasteiger partial charge in [-0.2, -0.15) is 0 Å². The highest BCUT2D eigenvalue weighted by Crippen LogP contribution is 2.20. The summed E-state index contributed by atoms with van der Waals surface area (Å²) in [6, 6.07) is 0. The van der Waals surface area contributed by atoms with E-state index < -0.39 is 6.29 Å². The molecule has 0 saturated carbocycles. The summed E-state index contributed by atoms with van der Waals surface area (Å²) in [7, 11) is 0. The summed E-state index contributed by atoms with van der Waals surface area (Å²) in [5, 5.41) is 0. The van der Waals surface area contributed by atoms with Crippen LogP contribution in [0.15, 0.2) is 11.6 Å². The molecule has 3 nitrogen and oxygen atoms in total. The summed E-state index contributed by atoms with van der Waals surface area (Å²) in [6.45, 7) is 4.38. The molecule has 1 heterocycles. The first-order valence-electron chi connectivity index (χ1n) is 5.78. The minimum Gasteiger partial charge on any atom is -0.430 e. The number of esters is 1. The SMILES string of the molecule is CCCC/C=C(\CCC)C1OCC(=O)O1. The lowest BCUT2D eigenvalue weighted by atomic mass is 10.1. The third-order valence-corrected chi connectivity index (χ3v) is 2.40. The van der Waals surface area contributed by atoms with Gasteiger partial charge in [-0.05, 0) is 18.4 Å².